The molecule has 1 saturated heterocycles. The zero-order valence-electron chi connectivity index (χ0n) is 20.4. The highest BCUT2D eigenvalue weighted by Gasteiger charge is 2.17. The molecule has 0 spiro atoms. The molecule has 0 saturated carbocycles. The molecule has 1 N–H and O–H groups in total. The molecule has 8 nitrogen and oxygen atoms in total. The Kier molecular flexibility index (Phi) is 9.18. The van der Waals surface area contributed by atoms with Gasteiger partial charge in [-0.05, 0) is 37.2 Å². The first kappa shape index (κ1) is 25.4. The molecule has 1 aliphatic rings. The second-order valence-electron chi connectivity index (χ2n) is 8.18. The standard InChI is InChI=1S/C26H34N2O6/c1-27-11-13-28(14-12-27)10-5-15-34-23-9-7-19(16-24(23)32-3)6-8-21(29)26-22(30)17-20(31-2)18-25(26)33-4/h6-9,16-18,30H,5,10-15H2,1-4H3/b8-6+. The molecule has 0 atom stereocenters. The Balaban J connectivity index is 1.60. The molecule has 3 rings (SSSR count). The van der Waals surface area contributed by atoms with E-state index in [1.54, 1.807) is 19.3 Å². The molecular formula is C26H34N2O6. The highest BCUT2D eigenvalue weighted by molar-refractivity contribution is 6.10. The molecule has 8 heteroatoms. The van der Waals surface area contributed by atoms with Crippen LogP contribution in [-0.2, 0) is 0 Å². The number of nitrogens with zero attached hydrogens (tertiary/aromatic N) is 2. The predicted molar refractivity (Wildman–Crippen MR) is 132 cm³/mol. The summed E-state index contributed by atoms with van der Waals surface area (Å²) in [5.41, 5.74) is 0.841. The second kappa shape index (κ2) is 12.3. The van der Waals surface area contributed by atoms with Gasteiger partial charge in [-0.1, -0.05) is 12.1 Å². The van der Waals surface area contributed by atoms with Crippen LogP contribution in [0, 0.1) is 0 Å². The van der Waals surface area contributed by atoms with Gasteiger partial charge in [0.05, 0.1) is 27.9 Å². The first-order valence-electron chi connectivity index (χ1n) is 11.3. The number of likely N-dealkylation sites (N-methyl/N-ethyl adjacent to an activating group) is 1. The van der Waals surface area contributed by atoms with Crippen molar-refractivity contribution < 1.29 is 28.8 Å². The molecule has 0 unspecified atom stereocenters. The van der Waals surface area contributed by atoms with Crippen LogP contribution in [0.4, 0.5) is 0 Å². The van der Waals surface area contributed by atoms with Crippen LogP contribution >= 0.6 is 0 Å². The lowest BCUT2D eigenvalue weighted by molar-refractivity contribution is 0.104. The van der Waals surface area contributed by atoms with E-state index in [1.165, 1.54) is 26.4 Å². The molecule has 0 aromatic heterocycles. The summed E-state index contributed by atoms with van der Waals surface area (Å²) in [6.45, 7) is 6.03. The number of phenols is 1. The quantitative estimate of drug-likeness (QED) is 0.304. The lowest BCUT2D eigenvalue weighted by Crippen LogP contribution is -2.44. The number of aromatic hydroxyl groups is 1. The van der Waals surface area contributed by atoms with E-state index >= 15 is 0 Å². The van der Waals surface area contributed by atoms with E-state index in [0.717, 1.165) is 44.7 Å². The summed E-state index contributed by atoms with van der Waals surface area (Å²) >= 11 is 0. The average Bonchev–Trinajstić information content (AvgIpc) is 2.85. The molecule has 2 aromatic rings. The van der Waals surface area contributed by atoms with Gasteiger partial charge >= 0.3 is 0 Å². The lowest BCUT2D eigenvalue weighted by Gasteiger charge is -2.32. The highest BCUT2D eigenvalue weighted by Crippen LogP contribution is 2.34. The van der Waals surface area contributed by atoms with E-state index in [4.69, 9.17) is 18.9 Å². The number of methoxy groups -OCH3 is 3. The fourth-order valence-electron chi connectivity index (χ4n) is 3.81. The summed E-state index contributed by atoms with van der Waals surface area (Å²) in [6, 6.07) is 8.43. The monoisotopic (exact) mass is 470 g/mol. The van der Waals surface area contributed by atoms with Crippen LogP contribution in [0.25, 0.3) is 6.08 Å². The van der Waals surface area contributed by atoms with Crippen LogP contribution in [0.1, 0.15) is 22.3 Å². The van der Waals surface area contributed by atoms with Gasteiger partial charge in [0, 0.05) is 44.9 Å². The molecule has 184 valence electrons. The topological polar surface area (TPSA) is 80.7 Å². The first-order valence-corrected chi connectivity index (χ1v) is 11.3. The number of benzene rings is 2. The second-order valence-corrected chi connectivity index (χ2v) is 8.18. The Labute approximate surface area is 201 Å². The number of carbonyl (C=O) groups is 1. The van der Waals surface area contributed by atoms with Gasteiger partial charge in [0.2, 0.25) is 0 Å². The van der Waals surface area contributed by atoms with Crippen LogP contribution in [0.15, 0.2) is 36.4 Å². The first-order chi connectivity index (χ1) is 16.4. The highest BCUT2D eigenvalue weighted by atomic mass is 16.5. The Morgan fingerprint density at radius 2 is 1.71 bits per heavy atom. The van der Waals surface area contributed by atoms with Crippen LogP contribution < -0.4 is 18.9 Å². The van der Waals surface area contributed by atoms with Crippen molar-refractivity contribution >= 4 is 11.9 Å². The predicted octanol–water partition coefficient (Wildman–Crippen LogP) is 3.33. The summed E-state index contributed by atoms with van der Waals surface area (Å²) < 4.78 is 21.8. The van der Waals surface area contributed by atoms with Gasteiger partial charge in [-0.2, -0.15) is 0 Å². The number of piperazine rings is 1. The molecule has 0 bridgehead atoms. The van der Waals surface area contributed by atoms with Crippen molar-refractivity contribution in [2.45, 2.75) is 6.42 Å². The van der Waals surface area contributed by atoms with Crippen LogP contribution in [0.5, 0.6) is 28.7 Å². The van der Waals surface area contributed by atoms with E-state index < -0.39 is 0 Å². The van der Waals surface area contributed by atoms with Crippen molar-refractivity contribution in [3.8, 4) is 28.7 Å². The minimum Gasteiger partial charge on any atom is -0.507 e. The fraction of sp³-hybridized carbons (Fsp3) is 0.423. The van der Waals surface area contributed by atoms with Gasteiger partial charge in [-0.15, -0.1) is 0 Å². The van der Waals surface area contributed by atoms with E-state index in [9.17, 15) is 9.90 Å². The van der Waals surface area contributed by atoms with Gasteiger partial charge in [0.25, 0.3) is 0 Å². The fourth-order valence-corrected chi connectivity index (χ4v) is 3.81. The molecule has 1 fully saturated rings. The summed E-state index contributed by atoms with van der Waals surface area (Å²) in [4.78, 5) is 17.5. The third-order valence-electron chi connectivity index (χ3n) is 5.84. The van der Waals surface area contributed by atoms with Crippen molar-refractivity contribution in [3.63, 3.8) is 0 Å². The van der Waals surface area contributed by atoms with Crippen molar-refractivity contribution in [1.82, 2.24) is 9.80 Å². The third-order valence-corrected chi connectivity index (χ3v) is 5.84. The van der Waals surface area contributed by atoms with Crippen molar-refractivity contribution in [1.29, 1.82) is 0 Å². The Morgan fingerprint density at radius 3 is 2.38 bits per heavy atom. The van der Waals surface area contributed by atoms with Crippen molar-refractivity contribution in [2.75, 3.05) is 67.7 Å². The largest absolute Gasteiger partial charge is 0.507 e. The molecule has 0 amide bonds. The molecule has 0 radical (unpaired) electrons. The summed E-state index contributed by atoms with van der Waals surface area (Å²) in [5.74, 6) is 1.31. The number of carbonyl (C=O) groups excluding carboxylic acids is 1. The maximum Gasteiger partial charge on any atom is 0.193 e. The molecule has 1 aliphatic heterocycles. The van der Waals surface area contributed by atoms with E-state index in [-0.39, 0.29) is 22.8 Å². The Bertz CT molecular complexity index is 999. The smallest absolute Gasteiger partial charge is 0.193 e. The number of hydrogen-bond acceptors (Lipinski definition) is 8. The molecule has 34 heavy (non-hydrogen) atoms. The van der Waals surface area contributed by atoms with Gasteiger partial charge in [-0.3, -0.25) is 4.79 Å². The number of rotatable bonds is 11. The Hall–Kier alpha value is -3.23. The SMILES string of the molecule is COc1cc(O)c(C(=O)/C=C/c2ccc(OCCCN3CCN(C)CC3)c(OC)c2)c(OC)c1. The van der Waals surface area contributed by atoms with Crippen molar-refractivity contribution in [3.05, 3.63) is 47.5 Å². The van der Waals surface area contributed by atoms with Gasteiger partial charge < -0.3 is 33.9 Å². The van der Waals surface area contributed by atoms with E-state index in [1.807, 2.05) is 18.2 Å². The van der Waals surface area contributed by atoms with Crippen LogP contribution in [0.3, 0.4) is 0 Å². The summed E-state index contributed by atoms with van der Waals surface area (Å²) in [5, 5.41) is 10.3. The number of allylic oxidation sites excluding steroid dienone is 1. The lowest BCUT2D eigenvalue weighted by atomic mass is 10.1. The summed E-state index contributed by atoms with van der Waals surface area (Å²) in [6.07, 6.45) is 3.98. The number of phenolic OH excluding ortho intramolecular Hbond substituents is 1. The van der Waals surface area contributed by atoms with E-state index in [2.05, 4.69) is 16.8 Å². The normalized spacial score (nSPS) is 14.8. The number of hydrogen-bond donors (Lipinski definition) is 1. The minimum absolute atomic E-state index is 0.0758. The minimum atomic E-state index is -0.389. The summed E-state index contributed by atoms with van der Waals surface area (Å²) in [7, 11) is 6.65. The van der Waals surface area contributed by atoms with Gasteiger partial charge in [0.1, 0.15) is 22.8 Å². The number of ether oxygens (including phenoxy) is 4. The maximum atomic E-state index is 12.7. The maximum absolute atomic E-state index is 12.7. The molecule has 1 heterocycles. The molecular weight excluding hydrogens is 436 g/mol. The zero-order valence-corrected chi connectivity index (χ0v) is 20.4. The average molecular weight is 471 g/mol. The van der Waals surface area contributed by atoms with Crippen molar-refractivity contribution in [2.24, 2.45) is 0 Å². The zero-order chi connectivity index (χ0) is 24.5. The third kappa shape index (κ3) is 6.65. The molecule has 0 aliphatic carbocycles. The van der Waals surface area contributed by atoms with Gasteiger partial charge in [-0.25, -0.2) is 0 Å². The number of ketones is 1. The van der Waals surface area contributed by atoms with Crippen LogP contribution in [-0.4, -0.2) is 88.4 Å². The molecule has 2 aromatic carbocycles. The van der Waals surface area contributed by atoms with Crippen LogP contribution in [0.2, 0.25) is 0 Å². The van der Waals surface area contributed by atoms with Gasteiger partial charge in [0.15, 0.2) is 17.3 Å². The van der Waals surface area contributed by atoms with E-state index in [0.29, 0.717) is 23.9 Å². The Morgan fingerprint density at radius 1 is 0.971 bits per heavy atom.